The molecule has 1 amide bonds. The summed E-state index contributed by atoms with van der Waals surface area (Å²) in [5.74, 6) is 1.04. The van der Waals surface area contributed by atoms with Crippen LogP contribution in [0.3, 0.4) is 0 Å². The molecule has 1 aliphatic carbocycles. The molecule has 0 unspecified atom stereocenters. The smallest absolute Gasteiger partial charge is 0.258 e. The van der Waals surface area contributed by atoms with E-state index >= 15 is 0 Å². The Kier molecular flexibility index (Phi) is 2.01. The standard InChI is InChI=1S/C16H15NO/c18-16-13-5-1-3-12-4-2-6-14(15(12)13)17(16)10-9-11-7-8-11/h1-6,11H,7-10H2. The molecule has 0 atom stereocenters. The SMILES string of the molecule is O=C1c2cccc3cccc(c23)N1CCC1CC1. The lowest BCUT2D eigenvalue weighted by molar-refractivity contribution is 0.0992. The predicted octanol–water partition coefficient (Wildman–Crippen LogP) is 3.60. The molecule has 0 N–H and O–H groups in total. The van der Waals surface area contributed by atoms with Gasteiger partial charge in [-0.2, -0.15) is 0 Å². The summed E-state index contributed by atoms with van der Waals surface area (Å²) in [5.41, 5.74) is 1.98. The van der Waals surface area contributed by atoms with E-state index in [1.54, 1.807) is 0 Å². The van der Waals surface area contributed by atoms with E-state index in [4.69, 9.17) is 0 Å². The van der Waals surface area contributed by atoms with Gasteiger partial charge >= 0.3 is 0 Å². The van der Waals surface area contributed by atoms with Gasteiger partial charge in [0.25, 0.3) is 5.91 Å². The summed E-state index contributed by atoms with van der Waals surface area (Å²) < 4.78 is 0. The first-order valence-electron chi connectivity index (χ1n) is 6.68. The van der Waals surface area contributed by atoms with Crippen molar-refractivity contribution in [1.82, 2.24) is 0 Å². The average Bonchev–Trinajstić information content (AvgIpc) is 3.18. The molecule has 0 aromatic heterocycles. The van der Waals surface area contributed by atoms with Crippen LogP contribution in [0.4, 0.5) is 5.69 Å². The van der Waals surface area contributed by atoms with Gasteiger partial charge in [0, 0.05) is 17.5 Å². The molecular weight excluding hydrogens is 222 g/mol. The highest BCUT2D eigenvalue weighted by Crippen LogP contribution is 2.39. The molecule has 2 heteroatoms. The maximum atomic E-state index is 12.4. The Labute approximate surface area is 106 Å². The third-order valence-electron chi connectivity index (χ3n) is 4.11. The van der Waals surface area contributed by atoms with E-state index in [9.17, 15) is 4.79 Å². The summed E-state index contributed by atoms with van der Waals surface area (Å²) >= 11 is 0. The Morgan fingerprint density at radius 2 is 1.89 bits per heavy atom. The van der Waals surface area contributed by atoms with Gasteiger partial charge in [0.1, 0.15) is 0 Å². The maximum absolute atomic E-state index is 12.4. The zero-order chi connectivity index (χ0) is 12.1. The van der Waals surface area contributed by atoms with E-state index in [0.717, 1.165) is 35.5 Å². The molecule has 1 aliphatic heterocycles. The molecule has 1 saturated carbocycles. The highest BCUT2D eigenvalue weighted by molar-refractivity contribution is 6.24. The van der Waals surface area contributed by atoms with Gasteiger partial charge in [0.2, 0.25) is 0 Å². The highest BCUT2D eigenvalue weighted by Gasteiger charge is 2.31. The van der Waals surface area contributed by atoms with Gasteiger partial charge in [-0.25, -0.2) is 0 Å². The lowest BCUT2D eigenvalue weighted by Crippen LogP contribution is -2.28. The summed E-state index contributed by atoms with van der Waals surface area (Å²) in [7, 11) is 0. The molecule has 2 aromatic rings. The van der Waals surface area contributed by atoms with Gasteiger partial charge in [-0.15, -0.1) is 0 Å². The fraction of sp³-hybridized carbons (Fsp3) is 0.312. The number of amides is 1. The molecule has 2 aliphatic rings. The molecule has 1 heterocycles. The minimum absolute atomic E-state index is 0.183. The Morgan fingerprint density at radius 1 is 1.11 bits per heavy atom. The van der Waals surface area contributed by atoms with Crippen LogP contribution in [-0.2, 0) is 0 Å². The predicted molar refractivity (Wildman–Crippen MR) is 73.0 cm³/mol. The van der Waals surface area contributed by atoms with E-state index < -0.39 is 0 Å². The van der Waals surface area contributed by atoms with Gasteiger partial charge < -0.3 is 4.90 Å². The topological polar surface area (TPSA) is 20.3 Å². The van der Waals surface area contributed by atoms with Crippen LogP contribution in [0, 0.1) is 5.92 Å². The quantitative estimate of drug-likeness (QED) is 0.798. The van der Waals surface area contributed by atoms with Gasteiger partial charge in [-0.3, -0.25) is 4.79 Å². The molecule has 0 spiro atoms. The van der Waals surface area contributed by atoms with E-state index in [0.29, 0.717) is 0 Å². The lowest BCUT2D eigenvalue weighted by Gasteiger charge is -2.17. The number of nitrogens with zero attached hydrogens (tertiary/aromatic N) is 1. The molecule has 4 rings (SSSR count). The molecule has 1 fully saturated rings. The number of rotatable bonds is 3. The second kappa shape index (κ2) is 3.58. The minimum atomic E-state index is 0.183. The van der Waals surface area contributed by atoms with Crippen LogP contribution < -0.4 is 4.90 Å². The number of carbonyl (C=O) groups excluding carboxylic acids is 1. The van der Waals surface area contributed by atoms with Crippen molar-refractivity contribution >= 4 is 22.4 Å². The number of anilines is 1. The minimum Gasteiger partial charge on any atom is -0.308 e. The fourth-order valence-electron chi connectivity index (χ4n) is 2.92. The van der Waals surface area contributed by atoms with E-state index in [1.807, 2.05) is 23.1 Å². The molecule has 0 radical (unpaired) electrons. The number of benzene rings is 2. The third kappa shape index (κ3) is 1.38. The van der Waals surface area contributed by atoms with Crippen LogP contribution in [0.2, 0.25) is 0 Å². The summed E-state index contributed by atoms with van der Waals surface area (Å²) in [4.78, 5) is 14.4. The van der Waals surface area contributed by atoms with Crippen molar-refractivity contribution in [3.05, 3.63) is 42.0 Å². The monoisotopic (exact) mass is 237 g/mol. The molecular formula is C16H15NO. The van der Waals surface area contributed by atoms with Crippen LogP contribution in [-0.4, -0.2) is 12.5 Å². The summed E-state index contributed by atoms with van der Waals surface area (Å²) in [6.45, 7) is 0.872. The average molecular weight is 237 g/mol. The number of hydrogen-bond acceptors (Lipinski definition) is 1. The van der Waals surface area contributed by atoms with Crippen molar-refractivity contribution < 1.29 is 4.79 Å². The van der Waals surface area contributed by atoms with Gasteiger partial charge in [-0.1, -0.05) is 37.1 Å². The second-order valence-electron chi connectivity index (χ2n) is 5.37. The molecule has 0 bridgehead atoms. The normalized spacial score (nSPS) is 17.8. The van der Waals surface area contributed by atoms with Crippen LogP contribution >= 0.6 is 0 Å². The lowest BCUT2D eigenvalue weighted by atomic mass is 10.1. The number of carbonyl (C=O) groups is 1. The van der Waals surface area contributed by atoms with Crippen molar-refractivity contribution in [3.63, 3.8) is 0 Å². The Hall–Kier alpha value is -1.83. The molecule has 90 valence electrons. The molecule has 18 heavy (non-hydrogen) atoms. The van der Waals surface area contributed by atoms with E-state index in [-0.39, 0.29) is 5.91 Å². The molecule has 0 saturated heterocycles. The van der Waals surface area contributed by atoms with Crippen LogP contribution in [0.1, 0.15) is 29.6 Å². The number of hydrogen-bond donors (Lipinski definition) is 0. The summed E-state index contributed by atoms with van der Waals surface area (Å²) in [5, 5.41) is 2.31. The van der Waals surface area contributed by atoms with Crippen molar-refractivity contribution in [1.29, 1.82) is 0 Å². The Morgan fingerprint density at radius 3 is 2.67 bits per heavy atom. The Bertz CT molecular complexity index is 637. The zero-order valence-corrected chi connectivity index (χ0v) is 10.2. The Balaban J connectivity index is 1.80. The molecule has 2 nitrogen and oxygen atoms in total. The van der Waals surface area contributed by atoms with Crippen molar-refractivity contribution in [2.24, 2.45) is 5.92 Å². The maximum Gasteiger partial charge on any atom is 0.258 e. The van der Waals surface area contributed by atoms with Gasteiger partial charge in [0.05, 0.1) is 5.69 Å². The second-order valence-corrected chi connectivity index (χ2v) is 5.37. The first kappa shape index (κ1) is 10.1. The summed E-state index contributed by atoms with van der Waals surface area (Å²) in [6, 6.07) is 12.2. The largest absolute Gasteiger partial charge is 0.308 e. The van der Waals surface area contributed by atoms with Crippen LogP contribution in [0.15, 0.2) is 36.4 Å². The van der Waals surface area contributed by atoms with Gasteiger partial charge in [-0.05, 0) is 29.9 Å². The van der Waals surface area contributed by atoms with Gasteiger partial charge in [0.15, 0.2) is 0 Å². The first-order valence-corrected chi connectivity index (χ1v) is 6.68. The van der Waals surface area contributed by atoms with Crippen LogP contribution in [0.5, 0.6) is 0 Å². The van der Waals surface area contributed by atoms with Crippen molar-refractivity contribution in [2.75, 3.05) is 11.4 Å². The van der Waals surface area contributed by atoms with E-state index in [1.165, 1.54) is 18.2 Å². The first-order chi connectivity index (χ1) is 8.84. The molecule has 2 aromatic carbocycles. The zero-order valence-electron chi connectivity index (χ0n) is 10.2. The van der Waals surface area contributed by atoms with E-state index in [2.05, 4.69) is 18.2 Å². The third-order valence-corrected chi connectivity index (χ3v) is 4.11. The van der Waals surface area contributed by atoms with Crippen molar-refractivity contribution in [2.45, 2.75) is 19.3 Å². The fourth-order valence-corrected chi connectivity index (χ4v) is 2.92. The van der Waals surface area contributed by atoms with Crippen LogP contribution in [0.25, 0.3) is 10.8 Å². The highest BCUT2D eigenvalue weighted by atomic mass is 16.2. The summed E-state index contributed by atoms with van der Waals surface area (Å²) in [6.07, 6.45) is 3.84. The van der Waals surface area contributed by atoms with Crippen molar-refractivity contribution in [3.8, 4) is 0 Å².